The van der Waals surface area contributed by atoms with E-state index in [1.807, 2.05) is 12.1 Å². The fraction of sp³-hybridized carbons (Fsp3) is 0.647. The quantitative estimate of drug-likeness (QED) is 0.898. The summed E-state index contributed by atoms with van der Waals surface area (Å²) in [6.07, 6.45) is 4.88. The van der Waals surface area contributed by atoms with E-state index in [9.17, 15) is 10.2 Å². The predicted octanol–water partition coefficient (Wildman–Crippen LogP) is 2.51. The van der Waals surface area contributed by atoms with Crippen LogP contribution in [0.5, 0.6) is 5.75 Å². The summed E-state index contributed by atoms with van der Waals surface area (Å²) < 4.78 is 0. The first-order valence-electron chi connectivity index (χ1n) is 8.15. The van der Waals surface area contributed by atoms with E-state index in [2.05, 4.69) is 9.80 Å². The number of piperazine rings is 1. The minimum Gasteiger partial charge on any atom is -0.507 e. The zero-order valence-electron chi connectivity index (χ0n) is 12.8. The maximum atomic E-state index is 10.0. The van der Waals surface area contributed by atoms with Crippen LogP contribution in [0.3, 0.4) is 0 Å². The molecule has 0 amide bonds. The van der Waals surface area contributed by atoms with Gasteiger partial charge in [-0.15, -0.1) is 0 Å². The van der Waals surface area contributed by atoms with Crippen LogP contribution in [-0.2, 0) is 0 Å². The van der Waals surface area contributed by atoms with Gasteiger partial charge in [-0.25, -0.2) is 0 Å². The summed E-state index contributed by atoms with van der Waals surface area (Å²) in [7, 11) is 0. The first kappa shape index (κ1) is 14.7. The fourth-order valence-corrected chi connectivity index (χ4v) is 3.70. The summed E-state index contributed by atoms with van der Waals surface area (Å²) in [5.74, 6) is 0.195. The average molecular weight is 290 g/mol. The van der Waals surface area contributed by atoms with E-state index < -0.39 is 6.10 Å². The lowest BCUT2D eigenvalue weighted by atomic mass is 10.1. The van der Waals surface area contributed by atoms with Gasteiger partial charge in [0.05, 0.1) is 6.10 Å². The van der Waals surface area contributed by atoms with Gasteiger partial charge in [0, 0.05) is 49.5 Å². The largest absolute Gasteiger partial charge is 0.507 e. The molecule has 4 nitrogen and oxygen atoms in total. The topological polar surface area (TPSA) is 46.9 Å². The molecule has 0 radical (unpaired) electrons. The average Bonchev–Trinajstić information content (AvgIpc) is 3.01. The van der Waals surface area contributed by atoms with Gasteiger partial charge in [0.15, 0.2) is 0 Å². The Morgan fingerprint density at radius 1 is 1.10 bits per heavy atom. The molecule has 1 aromatic carbocycles. The number of phenols is 1. The molecule has 3 rings (SSSR count). The molecule has 0 bridgehead atoms. The van der Waals surface area contributed by atoms with Gasteiger partial charge in [-0.2, -0.15) is 0 Å². The van der Waals surface area contributed by atoms with E-state index >= 15 is 0 Å². The van der Waals surface area contributed by atoms with Crippen molar-refractivity contribution in [2.45, 2.75) is 44.8 Å². The Kier molecular flexibility index (Phi) is 4.36. The van der Waals surface area contributed by atoms with Gasteiger partial charge in [0.1, 0.15) is 5.75 Å². The normalized spacial score (nSPS) is 22.7. The number of hydrogen-bond acceptors (Lipinski definition) is 4. The third kappa shape index (κ3) is 3.16. The van der Waals surface area contributed by atoms with Crippen LogP contribution in [0, 0.1) is 0 Å². The molecule has 1 aliphatic carbocycles. The lowest BCUT2D eigenvalue weighted by Gasteiger charge is -2.39. The molecule has 1 unspecified atom stereocenters. The third-order valence-electron chi connectivity index (χ3n) is 4.98. The third-order valence-corrected chi connectivity index (χ3v) is 4.98. The van der Waals surface area contributed by atoms with Crippen LogP contribution in [0.1, 0.15) is 44.3 Å². The second-order valence-electron chi connectivity index (χ2n) is 6.38. The lowest BCUT2D eigenvalue weighted by molar-refractivity contribution is 0.187. The molecule has 1 aliphatic heterocycles. The summed E-state index contributed by atoms with van der Waals surface area (Å²) in [4.78, 5) is 4.96. The van der Waals surface area contributed by atoms with Crippen molar-refractivity contribution in [2.75, 3.05) is 31.1 Å². The summed E-state index contributed by atoms with van der Waals surface area (Å²) in [5.41, 5.74) is 1.66. The number of aliphatic hydroxyl groups is 1. The fourth-order valence-electron chi connectivity index (χ4n) is 3.70. The highest BCUT2D eigenvalue weighted by molar-refractivity contribution is 5.54. The van der Waals surface area contributed by atoms with Crippen LogP contribution >= 0.6 is 0 Å². The van der Waals surface area contributed by atoms with Gasteiger partial charge < -0.3 is 15.1 Å². The molecule has 1 saturated carbocycles. The van der Waals surface area contributed by atoms with Crippen molar-refractivity contribution >= 4 is 5.69 Å². The number of anilines is 1. The molecule has 2 aliphatic rings. The summed E-state index contributed by atoms with van der Waals surface area (Å²) >= 11 is 0. The second-order valence-corrected chi connectivity index (χ2v) is 6.38. The monoisotopic (exact) mass is 290 g/mol. The molecule has 21 heavy (non-hydrogen) atoms. The summed E-state index contributed by atoms with van der Waals surface area (Å²) in [6, 6.07) is 6.43. The number of benzene rings is 1. The molecule has 1 heterocycles. The standard InChI is InChI=1S/C17H26N2O2/c1-13(20)16-7-6-15(12-17(16)21)19-10-8-18(9-11-19)14-4-2-3-5-14/h6-7,12-14,20-21H,2-5,8-11H2,1H3. The Morgan fingerprint density at radius 2 is 1.76 bits per heavy atom. The van der Waals surface area contributed by atoms with E-state index in [4.69, 9.17) is 0 Å². The van der Waals surface area contributed by atoms with Crippen LogP contribution < -0.4 is 4.90 Å². The first-order chi connectivity index (χ1) is 10.1. The number of aliphatic hydroxyl groups excluding tert-OH is 1. The highest BCUT2D eigenvalue weighted by Gasteiger charge is 2.26. The van der Waals surface area contributed by atoms with Gasteiger partial charge in [-0.05, 0) is 25.8 Å². The van der Waals surface area contributed by atoms with Crippen molar-refractivity contribution in [3.63, 3.8) is 0 Å². The van der Waals surface area contributed by atoms with E-state index in [0.29, 0.717) is 5.56 Å². The molecular weight excluding hydrogens is 264 g/mol. The van der Waals surface area contributed by atoms with Crippen molar-refractivity contribution < 1.29 is 10.2 Å². The van der Waals surface area contributed by atoms with Gasteiger partial charge >= 0.3 is 0 Å². The Hall–Kier alpha value is -1.26. The SMILES string of the molecule is CC(O)c1ccc(N2CCN(C3CCCC3)CC2)cc1O. The summed E-state index contributed by atoms with van der Waals surface area (Å²) in [5, 5.41) is 19.6. The van der Waals surface area contributed by atoms with Crippen molar-refractivity contribution in [1.29, 1.82) is 0 Å². The van der Waals surface area contributed by atoms with Crippen LogP contribution in [0.15, 0.2) is 18.2 Å². The molecule has 2 N–H and O–H groups in total. The van der Waals surface area contributed by atoms with Crippen LogP contribution in [0.4, 0.5) is 5.69 Å². The van der Waals surface area contributed by atoms with Gasteiger partial charge in [-0.1, -0.05) is 18.9 Å². The molecule has 2 fully saturated rings. The maximum absolute atomic E-state index is 10.0. The number of aromatic hydroxyl groups is 1. The summed E-state index contributed by atoms with van der Waals surface area (Å²) in [6.45, 7) is 5.94. The van der Waals surface area contributed by atoms with Gasteiger partial charge in [-0.3, -0.25) is 4.90 Å². The Morgan fingerprint density at radius 3 is 2.33 bits per heavy atom. The molecule has 1 atom stereocenters. The minimum atomic E-state index is -0.627. The van der Waals surface area contributed by atoms with Crippen molar-refractivity contribution in [3.8, 4) is 5.75 Å². The van der Waals surface area contributed by atoms with E-state index in [1.54, 1.807) is 13.0 Å². The molecule has 1 saturated heterocycles. The van der Waals surface area contributed by atoms with E-state index in [1.165, 1.54) is 25.7 Å². The molecule has 1 aromatic rings. The number of phenolic OH excluding ortho intramolecular Hbond substituents is 1. The number of hydrogen-bond donors (Lipinski definition) is 2. The Balaban J connectivity index is 1.62. The number of rotatable bonds is 3. The van der Waals surface area contributed by atoms with Gasteiger partial charge in [0.2, 0.25) is 0 Å². The van der Waals surface area contributed by atoms with Crippen LogP contribution in [0.25, 0.3) is 0 Å². The second kappa shape index (κ2) is 6.24. The highest BCUT2D eigenvalue weighted by atomic mass is 16.3. The molecule has 0 aromatic heterocycles. The Labute approximate surface area is 127 Å². The van der Waals surface area contributed by atoms with E-state index in [0.717, 1.165) is 37.9 Å². The minimum absolute atomic E-state index is 0.195. The van der Waals surface area contributed by atoms with Crippen LogP contribution in [-0.4, -0.2) is 47.3 Å². The van der Waals surface area contributed by atoms with Crippen molar-refractivity contribution in [1.82, 2.24) is 4.90 Å². The molecule has 116 valence electrons. The lowest BCUT2D eigenvalue weighted by Crippen LogP contribution is -2.49. The van der Waals surface area contributed by atoms with E-state index in [-0.39, 0.29) is 5.75 Å². The van der Waals surface area contributed by atoms with Crippen molar-refractivity contribution in [3.05, 3.63) is 23.8 Å². The highest BCUT2D eigenvalue weighted by Crippen LogP contribution is 2.30. The maximum Gasteiger partial charge on any atom is 0.123 e. The van der Waals surface area contributed by atoms with Crippen LogP contribution in [0.2, 0.25) is 0 Å². The zero-order valence-corrected chi connectivity index (χ0v) is 12.8. The molecule has 4 heteroatoms. The van der Waals surface area contributed by atoms with Gasteiger partial charge in [0.25, 0.3) is 0 Å². The first-order valence-corrected chi connectivity index (χ1v) is 8.15. The molecular formula is C17H26N2O2. The smallest absolute Gasteiger partial charge is 0.123 e. The van der Waals surface area contributed by atoms with Crippen molar-refractivity contribution in [2.24, 2.45) is 0 Å². The predicted molar refractivity (Wildman–Crippen MR) is 84.8 cm³/mol. The number of nitrogens with zero attached hydrogens (tertiary/aromatic N) is 2. The Bertz CT molecular complexity index is 476. The molecule has 0 spiro atoms. The zero-order chi connectivity index (χ0) is 14.8.